The largest absolute Gasteiger partial charge is 0.479 e. The van der Waals surface area contributed by atoms with Crippen molar-refractivity contribution in [3.05, 3.63) is 29.8 Å². The van der Waals surface area contributed by atoms with Crippen molar-refractivity contribution in [2.24, 2.45) is 0 Å². The molecule has 1 aliphatic heterocycles. The summed E-state index contributed by atoms with van der Waals surface area (Å²) in [6.07, 6.45) is -1.06. The van der Waals surface area contributed by atoms with E-state index in [0.29, 0.717) is 25.9 Å². The molecule has 1 saturated heterocycles. The Hall–Kier alpha value is -1.97. The van der Waals surface area contributed by atoms with Crippen LogP contribution >= 0.6 is 0 Å². The zero-order valence-corrected chi connectivity index (χ0v) is 16.5. The first-order valence-electron chi connectivity index (χ1n) is 8.99. The van der Waals surface area contributed by atoms with Crippen molar-refractivity contribution >= 4 is 21.9 Å². The Morgan fingerprint density at radius 3 is 2.22 bits per heavy atom. The predicted octanol–water partition coefficient (Wildman–Crippen LogP) is 1.53. The van der Waals surface area contributed by atoms with E-state index in [2.05, 4.69) is 5.32 Å². The summed E-state index contributed by atoms with van der Waals surface area (Å²) in [4.78, 5) is 23.4. The van der Waals surface area contributed by atoms with Gasteiger partial charge in [0, 0.05) is 13.1 Å². The number of carbonyl (C=O) groups excluding carboxylic acids is 1. The Morgan fingerprint density at radius 1 is 1.19 bits per heavy atom. The molecule has 0 saturated carbocycles. The van der Waals surface area contributed by atoms with Crippen molar-refractivity contribution < 1.29 is 27.9 Å². The highest BCUT2D eigenvalue weighted by atomic mass is 32.2. The van der Waals surface area contributed by atoms with Gasteiger partial charge in [-0.3, -0.25) is 4.79 Å². The van der Waals surface area contributed by atoms with E-state index in [9.17, 15) is 18.0 Å². The third kappa shape index (κ3) is 4.85. The van der Waals surface area contributed by atoms with E-state index in [4.69, 9.17) is 9.84 Å². The molecule has 1 amide bonds. The summed E-state index contributed by atoms with van der Waals surface area (Å²) in [7, 11) is -3.52. The van der Waals surface area contributed by atoms with Crippen LogP contribution in [0.5, 0.6) is 0 Å². The number of hydrogen-bond donors (Lipinski definition) is 2. The minimum atomic E-state index is -3.52. The average molecular weight is 398 g/mol. The van der Waals surface area contributed by atoms with Gasteiger partial charge in [-0.05, 0) is 37.5 Å². The fourth-order valence-corrected chi connectivity index (χ4v) is 4.50. The summed E-state index contributed by atoms with van der Waals surface area (Å²) in [6, 6.07) is 6.01. The fourth-order valence-electron chi connectivity index (χ4n) is 3.04. The standard InChI is InChI=1S/C18H26N2O6S/c1-4-20(5-2)27(24,25)14-8-6-13(7-9-14)12(3)19-17(21)15-10-11-16(26-15)18(22)23/h6-9,12,15-16H,4-5,10-11H2,1-3H3,(H,19,21)(H,22,23)/t12?,15-,16+/m0/s1. The molecule has 1 unspecified atom stereocenters. The first-order valence-corrected chi connectivity index (χ1v) is 10.4. The van der Waals surface area contributed by atoms with E-state index in [0.717, 1.165) is 5.56 Å². The van der Waals surface area contributed by atoms with Crippen molar-refractivity contribution in [3.63, 3.8) is 0 Å². The Labute approximate surface area is 159 Å². The average Bonchev–Trinajstić information content (AvgIpc) is 3.13. The molecule has 9 heteroatoms. The number of ether oxygens (including phenoxy) is 1. The molecule has 3 atom stereocenters. The van der Waals surface area contributed by atoms with Crippen LogP contribution in [-0.4, -0.2) is 55.0 Å². The van der Waals surface area contributed by atoms with Crippen molar-refractivity contribution in [1.82, 2.24) is 9.62 Å². The Kier molecular flexibility index (Phi) is 6.96. The second-order valence-corrected chi connectivity index (χ2v) is 8.36. The van der Waals surface area contributed by atoms with Gasteiger partial charge in [0.15, 0.2) is 6.10 Å². The summed E-state index contributed by atoms with van der Waals surface area (Å²) < 4.78 is 31.6. The van der Waals surface area contributed by atoms with Gasteiger partial charge in [-0.25, -0.2) is 13.2 Å². The number of sulfonamides is 1. The monoisotopic (exact) mass is 398 g/mol. The lowest BCUT2D eigenvalue weighted by Gasteiger charge is -2.20. The number of carboxylic acid groups (broad SMARTS) is 1. The van der Waals surface area contributed by atoms with Gasteiger partial charge in [0.1, 0.15) is 6.10 Å². The first kappa shape index (κ1) is 21.3. The maximum absolute atomic E-state index is 12.5. The van der Waals surface area contributed by atoms with Gasteiger partial charge in [-0.15, -0.1) is 0 Å². The summed E-state index contributed by atoms with van der Waals surface area (Å²) in [6.45, 7) is 6.13. The molecule has 0 bridgehead atoms. The molecule has 27 heavy (non-hydrogen) atoms. The van der Waals surface area contributed by atoms with Crippen LogP contribution in [0.1, 0.15) is 45.2 Å². The van der Waals surface area contributed by atoms with Crippen LogP contribution in [0, 0.1) is 0 Å². The predicted molar refractivity (Wildman–Crippen MR) is 98.6 cm³/mol. The Bertz CT molecular complexity index is 774. The number of nitrogens with one attached hydrogen (secondary N) is 1. The SMILES string of the molecule is CCN(CC)S(=O)(=O)c1ccc(C(C)NC(=O)[C@@H]2CC[C@H](C(=O)O)O2)cc1. The van der Waals surface area contributed by atoms with E-state index in [1.165, 1.54) is 16.4 Å². The third-order valence-corrected chi connectivity index (χ3v) is 6.73. The summed E-state index contributed by atoms with van der Waals surface area (Å²) in [5.74, 6) is -1.44. The van der Waals surface area contributed by atoms with E-state index < -0.39 is 28.2 Å². The minimum Gasteiger partial charge on any atom is -0.479 e. The molecule has 0 radical (unpaired) electrons. The molecule has 0 aromatic heterocycles. The molecular formula is C18H26N2O6S. The Morgan fingerprint density at radius 2 is 1.74 bits per heavy atom. The number of aliphatic carboxylic acids is 1. The zero-order valence-electron chi connectivity index (χ0n) is 15.7. The highest BCUT2D eigenvalue weighted by Gasteiger charge is 2.35. The van der Waals surface area contributed by atoms with Crippen LogP contribution in [0.2, 0.25) is 0 Å². The fraction of sp³-hybridized carbons (Fsp3) is 0.556. The van der Waals surface area contributed by atoms with E-state index >= 15 is 0 Å². The second kappa shape index (κ2) is 8.81. The molecule has 1 fully saturated rings. The van der Waals surface area contributed by atoms with Gasteiger partial charge in [0.05, 0.1) is 10.9 Å². The first-order chi connectivity index (χ1) is 12.7. The Balaban J connectivity index is 2.02. The smallest absolute Gasteiger partial charge is 0.332 e. The molecule has 1 aromatic rings. The summed E-state index contributed by atoms with van der Waals surface area (Å²) in [5.41, 5.74) is 0.745. The highest BCUT2D eigenvalue weighted by Crippen LogP contribution is 2.22. The molecule has 150 valence electrons. The normalized spacial score (nSPS) is 21.2. The maximum atomic E-state index is 12.5. The summed E-state index contributed by atoms with van der Waals surface area (Å²) in [5, 5.41) is 11.7. The van der Waals surface area contributed by atoms with E-state index in [1.807, 2.05) is 0 Å². The van der Waals surface area contributed by atoms with Crippen LogP contribution in [0.25, 0.3) is 0 Å². The molecule has 2 N–H and O–H groups in total. The highest BCUT2D eigenvalue weighted by molar-refractivity contribution is 7.89. The number of hydrogen-bond acceptors (Lipinski definition) is 5. The van der Waals surface area contributed by atoms with Crippen molar-refractivity contribution in [1.29, 1.82) is 0 Å². The minimum absolute atomic E-state index is 0.205. The van der Waals surface area contributed by atoms with E-state index in [-0.39, 0.29) is 16.8 Å². The lowest BCUT2D eigenvalue weighted by atomic mass is 10.1. The van der Waals surface area contributed by atoms with E-state index in [1.54, 1.807) is 32.9 Å². The molecule has 1 aromatic carbocycles. The van der Waals surface area contributed by atoms with Gasteiger partial charge < -0.3 is 15.2 Å². The van der Waals surface area contributed by atoms with Crippen molar-refractivity contribution in [2.75, 3.05) is 13.1 Å². The second-order valence-electron chi connectivity index (χ2n) is 6.42. The van der Waals surface area contributed by atoms with Crippen LogP contribution < -0.4 is 5.32 Å². The molecule has 2 rings (SSSR count). The third-order valence-electron chi connectivity index (χ3n) is 4.67. The molecule has 1 aliphatic rings. The number of carboxylic acids is 1. The van der Waals surface area contributed by atoms with Crippen LogP contribution in [-0.2, 0) is 24.3 Å². The molecule has 1 heterocycles. The van der Waals surface area contributed by atoms with Gasteiger partial charge in [0.2, 0.25) is 15.9 Å². The maximum Gasteiger partial charge on any atom is 0.332 e. The van der Waals surface area contributed by atoms with Crippen molar-refractivity contribution in [2.45, 2.75) is 56.8 Å². The topological polar surface area (TPSA) is 113 Å². The van der Waals surface area contributed by atoms with Gasteiger partial charge in [-0.2, -0.15) is 4.31 Å². The lowest BCUT2D eigenvalue weighted by Crippen LogP contribution is -2.37. The quantitative estimate of drug-likeness (QED) is 0.687. The van der Waals surface area contributed by atoms with Crippen LogP contribution in [0.15, 0.2) is 29.2 Å². The number of carbonyl (C=O) groups is 2. The van der Waals surface area contributed by atoms with Gasteiger partial charge in [0.25, 0.3) is 0 Å². The number of nitrogens with zero attached hydrogens (tertiary/aromatic N) is 1. The molecule has 8 nitrogen and oxygen atoms in total. The van der Waals surface area contributed by atoms with Gasteiger partial charge in [-0.1, -0.05) is 26.0 Å². The molecule has 0 aliphatic carbocycles. The molecular weight excluding hydrogens is 372 g/mol. The number of amides is 1. The van der Waals surface area contributed by atoms with Crippen LogP contribution in [0.3, 0.4) is 0 Å². The van der Waals surface area contributed by atoms with Gasteiger partial charge >= 0.3 is 5.97 Å². The summed E-state index contributed by atoms with van der Waals surface area (Å²) >= 11 is 0. The van der Waals surface area contributed by atoms with Crippen LogP contribution in [0.4, 0.5) is 0 Å². The molecule has 0 spiro atoms. The number of rotatable bonds is 8. The lowest BCUT2D eigenvalue weighted by molar-refractivity contribution is -0.151. The van der Waals surface area contributed by atoms with Crippen molar-refractivity contribution in [3.8, 4) is 0 Å². The zero-order chi connectivity index (χ0) is 20.2. The number of benzene rings is 1.